The summed E-state index contributed by atoms with van der Waals surface area (Å²) in [4.78, 5) is 27.2. The van der Waals surface area contributed by atoms with Gasteiger partial charge in [0.1, 0.15) is 11.2 Å². The number of hydrogen-bond acceptors (Lipinski definition) is 7. The highest BCUT2D eigenvalue weighted by molar-refractivity contribution is 7.99. The third-order valence-corrected chi connectivity index (χ3v) is 10.7. The van der Waals surface area contributed by atoms with Crippen molar-refractivity contribution in [3.8, 4) is 67.9 Å². The summed E-state index contributed by atoms with van der Waals surface area (Å²) in [6.07, 6.45) is 1.92. The minimum atomic E-state index is 0.579. The van der Waals surface area contributed by atoms with Crippen molar-refractivity contribution in [2.24, 2.45) is 0 Å². The molecule has 6 nitrogen and oxygen atoms in total. The Morgan fingerprint density at radius 1 is 0.393 bits per heavy atom. The first-order valence-corrected chi connectivity index (χ1v) is 19.1. The average molecular weight is 738 g/mol. The fourth-order valence-corrected chi connectivity index (χ4v) is 7.81. The van der Waals surface area contributed by atoms with Gasteiger partial charge in [0.15, 0.2) is 23.3 Å². The molecule has 0 unspecified atom stereocenters. The van der Waals surface area contributed by atoms with Gasteiger partial charge in [-0.15, -0.1) is 0 Å². The maximum atomic E-state index is 6.60. The first-order chi connectivity index (χ1) is 27.7. The van der Waals surface area contributed by atoms with Crippen molar-refractivity contribution in [1.82, 2.24) is 24.9 Å². The molecular formula is C49H31N5OS. The fourth-order valence-electron chi connectivity index (χ4n) is 6.90. The fraction of sp³-hybridized carbons (Fsp3) is 0. The summed E-state index contributed by atoms with van der Waals surface area (Å²) in [7, 11) is 0. The second kappa shape index (κ2) is 14.5. The lowest BCUT2D eigenvalue weighted by Gasteiger charge is -2.11. The van der Waals surface area contributed by atoms with Gasteiger partial charge in [0.2, 0.25) is 0 Å². The third kappa shape index (κ3) is 6.50. The summed E-state index contributed by atoms with van der Waals surface area (Å²) >= 11 is 1.65. The van der Waals surface area contributed by atoms with E-state index in [0.29, 0.717) is 23.3 Å². The minimum Gasteiger partial charge on any atom is -0.455 e. The number of hydrogen-bond donors (Lipinski definition) is 0. The predicted octanol–water partition coefficient (Wildman–Crippen LogP) is 12.7. The van der Waals surface area contributed by atoms with Crippen molar-refractivity contribution in [3.63, 3.8) is 0 Å². The Hall–Kier alpha value is -7.22. The van der Waals surface area contributed by atoms with Gasteiger partial charge in [-0.1, -0.05) is 157 Å². The van der Waals surface area contributed by atoms with E-state index in [1.807, 2.05) is 115 Å². The molecule has 264 valence electrons. The maximum Gasteiger partial charge on any atom is 0.164 e. The summed E-state index contributed by atoms with van der Waals surface area (Å²) in [5.41, 5.74) is 9.17. The van der Waals surface area contributed by atoms with Crippen LogP contribution < -0.4 is 0 Å². The summed E-state index contributed by atoms with van der Waals surface area (Å²) in [5.74, 6) is 2.39. The molecule has 0 N–H and O–H groups in total. The van der Waals surface area contributed by atoms with Crippen LogP contribution in [-0.2, 0) is 0 Å². The first-order valence-electron chi connectivity index (χ1n) is 18.3. The van der Waals surface area contributed by atoms with E-state index in [0.717, 1.165) is 76.4 Å². The summed E-state index contributed by atoms with van der Waals surface area (Å²) in [5, 5.41) is 1.91. The van der Waals surface area contributed by atoms with Crippen molar-refractivity contribution in [2.75, 3.05) is 0 Å². The number of para-hydroxylation sites is 1. The number of aromatic nitrogens is 5. The largest absolute Gasteiger partial charge is 0.455 e. The monoisotopic (exact) mass is 737 g/mol. The predicted molar refractivity (Wildman–Crippen MR) is 226 cm³/mol. The van der Waals surface area contributed by atoms with Crippen molar-refractivity contribution < 1.29 is 4.42 Å². The molecule has 0 saturated carbocycles. The molecule has 3 heterocycles. The van der Waals surface area contributed by atoms with Crippen LogP contribution in [0.3, 0.4) is 0 Å². The van der Waals surface area contributed by atoms with E-state index in [4.69, 9.17) is 29.3 Å². The SMILES string of the molecule is c1ccc(Sc2cnc(-c3cccc4c3oc3ccc(-c5nc(-c6ccccc6)nc(-c6ccc(-c7ccccc7)cc6)n5)cc34)nc2-c2ccccc2)cc1. The number of rotatable bonds is 8. The zero-order valence-electron chi connectivity index (χ0n) is 30.0. The quantitative estimate of drug-likeness (QED) is 0.154. The van der Waals surface area contributed by atoms with Crippen LogP contribution in [0.5, 0.6) is 0 Å². The summed E-state index contributed by atoms with van der Waals surface area (Å²) in [6.45, 7) is 0. The van der Waals surface area contributed by atoms with Crippen LogP contribution in [0.1, 0.15) is 0 Å². The highest BCUT2D eigenvalue weighted by atomic mass is 32.2. The molecule has 0 amide bonds. The molecule has 0 saturated heterocycles. The van der Waals surface area contributed by atoms with Crippen molar-refractivity contribution in [1.29, 1.82) is 0 Å². The smallest absolute Gasteiger partial charge is 0.164 e. The number of benzene rings is 7. The highest BCUT2D eigenvalue weighted by Crippen LogP contribution is 2.39. The Morgan fingerprint density at radius 2 is 0.929 bits per heavy atom. The average Bonchev–Trinajstić information content (AvgIpc) is 3.66. The van der Waals surface area contributed by atoms with Gasteiger partial charge in [-0.2, -0.15) is 0 Å². The van der Waals surface area contributed by atoms with Gasteiger partial charge in [-0.3, -0.25) is 0 Å². The van der Waals surface area contributed by atoms with E-state index in [-0.39, 0.29) is 0 Å². The van der Waals surface area contributed by atoms with Crippen molar-refractivity contribution in [2.45, 2.75) is 9.79 Å². The standard InChI is InChI=1S/C49H31N5OS/c1-5-14-32(15-6-1)33-24-26-36(27-25-33)47-52-46(35-18-9-3-10-19-35)53-48(54-47)37-28-29-42-41(30-37)39-22-13-23-40(45(39)55-42)49-50-31-43(56-38-20-11-4-12-21-38)44(51-49)34-16-7-2-8-17-34/h1-31H. The molecule has 3 aromatic heterocycles. The van der Waals surface area contributed by atoms with Gasteiger partial charge in [-0.25, -0.2) is 24.9 Å². The molecule has 0 aliphatic carbocycles. The molecule has 0 fully saturated rings. The molecule has 0 aliphatic heterocycles. The molecule has 0 spiro atoms. The van der Waals surface area contributed by atoms with Crippen LogP contribution in [0.15, 0.2) is 202 Å². The lowest BCUT2D eigenvalue weighted by molar-refractivity contribution is 0.669. The minimum absolute atomic E-state index is 0.579. The second-order valence-electron chi connectivity index (χ2n) is 13.3. The van der Waals surface area contributed by atoms with Crippen LogP contribution in [-0.4, -0.2) is 24.9 Å². The lowest BCUT2D eigenvalue weighted by atomic mass is 10.0. The topological polar surface area (TPSA) is 77.6 Å². The molecule has 0 radical (unpaired) electrons. The summed E-state index contributed by atoms with van der Waals surface area (Å²) < 4.78 is 6.60. The Labute approximate surface area is 327 Å². The Balaban J connectivity index is 1.06. The van der Waals surface area contributed by atoms with Crippen molar-refractivity contribution >= 4 is 33.7 Å². The van der Waals surface area contributed by atoms with E-state index in [1.165, 1.54) is 0 Å². The van der Waals surface area contributed by atoms with Crippen LogP contribution in [0.2, 0.25) is 0 Å². The van der Waals surface area contributed by atoms with E-state index in [1.54, 1.807) is 11.8 Å². The maximum absolute atomic E-state index is 6.60. The van der Waals surface area contributed by atoms with Gasteiger partial charge in [-0.05, 0) is 47.5 Å². The first kappa shape index (κ1) is 33.4. The van der Waals surface area contributed by atoms with E-state index in [2.05, 4.69) is 72.8 Å². The molecule has 7 heteroatoms. The Bertz CT molecular complexity index is 2970. The lowest BCUT2D eigenvalue weighted by Crippen LogP contribution is -2.00. The molecule has 0 aliphatic rings. The van der Waals surface area contributed by atoms with E-state index < -0.39 is 0 Å². The zero-order valence-corrected chi connectivity index (χ0v) is 30.8. The number of furan rings is 1. The molecule has 10 aromatic rings. The van der Waals surface area contributed by atoms with Crippen LogP contribution in [0.4, 0.5) is 0 Å². The Kier molecular flexibility index (Phi) is 8.67. The van der Waals surface area contributed by atoms with Crippen LogP contribution in [0, 0.1) is 0 Å². The molecule has 7 aromatic carbocycles. The normalized spacial score (nSPS) is 11.3. The number of fused-ring (bicyclic) bond motifs is 3. The summed E-state index contributed by atoms with van der Waals surface area (Å²) in [6, 6.07) is 61.5. The van der Waals surface area contributed by atoms with Gasteiger partial charge in [0.05, 0.1) is 16.2 Å². The Morgan fingerprint density at radius 3 is 1.61 bits per heavy atom. The molecule has 0 bridgehead atoms. The molecule has 10 rings (SSSR count). The van der Waals surface area contributed by atoms with Crippen LogP contribution >= 0.6 is 11.8 Å². The van der Waals surface area contributed by atoms with Gasteiger partial charge in [0, 0.05) is 44.1 Å². The van der Waals surface area contributed by atoms with E-state index in [9.17, 15) is 0 Å². The van der Waals surface area contributed by atoms with Crippen molar-refractivity contribution in [3.05, 3.63) is 188 Å². The zero-order chi connectivity index (χ0) is 37.3. The number of nitrogens with zero attached hydrogens (tertiary/aromatic N) is 5. The second-order valence-corrected chi connectivity index (χ2v) is 14.4. The third-order valence-electron chi connectivity index (χ3n) is 9.69. The van der Waals surface area contributed by atoms with Crippen LogP contribution in [0.25, 0.3) is 89.9 Å². The van der Waals surface area contributed by atoms with Gasteiger partial charge < -0.3 is 4.42 Å². The molecule has 56 heavy (non-hydrogen) atoms. The van der Waals surface area contributed by atoms with Gasteiger partial charge in [0.25, 0.3) is 0 Å². The molecule has 0 atom stereocenters. The van der Waals surface area contributed by atoms with Gasteiger partial charge >= 0.3 is 0 Å². The highest BCUT2D eigenvalue weighted by Gasteiger charge is 2.19. The molecular weight excluding hydrogens is 707 g/mol. The van der Waals surface area contributed by atoms with E-state index >= 15 is 0 Å².